The molecule has 29 heavy (non-hydrogen) atoms. The van der Waals surface area contributed by atoms with Gasteiger partial charge in [-0.2, -0.15) is 4.31 Å². The largest absolute Gasteiger partial charge is 0.383 e. The van der Waals surface area contributed by atoms with Crippen LogP contribution in [0.2, 0.25) is 0 Å². The van der Waals surface area contributed by atoms with Crippen molar-refractivity contribution in [3.63, 3.8) is 0 Å². The Morgan fingerprint density at radius 3 is 2.62 bits per heavy atom. The number of carbonyl (C=O) groups is 1. The van der Waals surface area contributed by atoms with Crippen LogP contribution in [0.3, 0.4) is 0 Å². The molecule has 0 atom stereocenters. The van der Waals surface area contributed by atoms with E-state index in [0.29, 0.717) is 16.5 Å². The number of carbonyl (C=O) groups excluding carboxylic acids is 1. The summed E-state index contributed by atoms with van der Waals surface area (Å²) >= 11 is 0. The monoisotopic (exact) mass is 413 g/mol. The number of fused-ring (bicyclic) bond motifs is 1. The molecule has 2 aromatic carbocycles. The number of aryl methyl sites for hydroxylation is 1. The molecule has 0 saturated carbocycles. The fourth-order valence-electron chi connectivity index (χ4n) is 2.93. The SMILES string of the molecule is COCCN(CC(=O)Nc1ccc(C)cc1)S(=O)(=O)c1cccc2cnccc12. The summed E-state index contributed by atoms with van der Waals surface area (Å²) in [6, 6.07) is 14.0. The molecule has 3 rings (SSSR count). The Morgan fingerprint density at radius 2 is 1.90 bits per heavy atom. The van der Waals surface area contributed by atoms with Crippen molar-refractivity contribution in [2.45, 2.75) is 11.8 Å². The van der Waals surface area contributed by atoms with E-state index >= 15 is 0 Å². The Balaban J connectivity index is 1.88. The van der Waals surface area contributed by atoms with Gasteiger partial charge in [0.2, 0.25) is 15.9 Å². The number of methoxy groups -OCH3 is 1. The number of pyridine rings is 1. The zero-order valence-electron chi connectivity index (χ0n) is 16.3. The average Bonchev–Trinajstić information content (AvgIpc) is 2.72. The third-order valence-corrected chi connectivity index (χ3v) is 6.36. The van der Waals surface area contributed by atoms with E-state index in [9.17, 15) is 13.2 Å². The highest BCUT2D eigenvalue weighted by atomic mass is 32.2. The maximum Gasteiger partial charge on any atom is 0.244 e. The molecule has 0 unspecified atom stereocenters. The maximum absolute atomic E-state index is 13.4. The molecule has 0 aliphatic carbocycles. The fourth-order valence-corrected chi connectivity index (χ4v) is 4.53. The van der Waals surface area contributed by atoms with Gasteiger partial charge in [0.05, 0.1) is 18.0 Å². The number of hydrogen-bond acceptors (Lipinski definition) is 5. The number of nitrogens with zero attached hydrogens (tertiary/aromatic N) is 2. The van der Waals surface area contributed by atoms with Gasteiger partial charge in [0, 0.05) is 42.5 Å². The normalized spacial score (nSPS) is 11.7. The molecule has 0 aliphatic rings. The lowest BCUT2D eigenvalue weighted by Crippen LogP contribution is -2.40. The zero-order chi connectivity index (χ0) is 20.9. The number of hydrogen-bond donors (Lipinski definition) is 1. The van der Waals surface area contributed by atoms with E-state index < -0.39 is 15.9 Å². The van der Waals surface area contributed by atoms with Crippen molar-refractivity contribution in [3.05, 3.63) is 66.5 Å². The van der Waals surface area contributed by atoms with Gasteiger partial charge >= 0.3 is 0 Å². The summed E-state index contributed by atoms with van der Waals surface area (Å²) in [4.78, 5) is 16.7. The summed E-state index contributed by atoms with van der Waals surface area (Å²) in [6.07, 6.45) is 3.16. The molecule has 1 aromatic heterocycles. The van der Waals surface area contributed by atoms with Crippen LogP contribution in [0, 0.1) is 6.92 Å². The van der Waals surface area contributed by atoms with Crippen molar-refractivity contribution in [1.29, 1.82) is 0 Å². The number of amides is 1. The first-order valence-electron chi connectivity index (χ1n) is 9.10. The van der Waals surface area contributed by atoms with E-state index in [1.807, 2.05) is 19.1 Å². The van der Waals surface area contributed by atoms with Crippen LogP contribution in [0.25, 0.3) is 10.8 Å². The predicted molar refractivity (Wildman–Crippen MR) is 112 cm³/mol. The number of rotatable bonds is 8. The van der Waals surface area contributed by atoms with Gasteiger partial charge < -0.3 is 10.1 Å². The first kappa shape index (κ1) is 20.9. The van der Waals surface area contributed by atoms with Crippen molar-refractivity contribution in [2.24, 2.45) is 0 Å². The molecule has 0 saturated heterocycles. The standard InChI is InChI=1S/C21H23N3O4S/c1-16-6-8-18(9-7-16)23-21(25)15-24(12-13-28-2)29(26,27)20-5-3-4-17-14-22-11-10-19(17)20/h3-11,14H,12-13,15H2,1-2H3,(H,23,25). The van der Waals surface area contributed by atoms with Crippen LogP contribution in [0.15, 0.2) is 65.8 Å². The van der Waals surface area contributed by atoms with Gasteiger partial charge in [-0.3, -0.25) is 9.78 Å². The summed E-state index contributed by atoms with van der Waals surface area (Å²) in [5, 5.41) is 4.01. The Labute approximate surface area is 170 Å². The maximum atomic E-state index is 13.4. The number of nitrogens with one attached hydrogen (secondary N) is 1. The molecule has 1 N–H and O–H groups in total. The Bertz CT molecular complexity index is 1090. The predicted octanol–water partition coefficient (Wildman–Crippen LogP) is 2.82. The number of sulfonamides is 1. The third-order valence-electron chi connectivity index (χ3n) is 4.46. The summed E-state index contributed by atoms with van der Waals surface area (Å²) < 4.78 is 32.9. The molecule has 0 bridgehead atoms. The van der Waals surface area contributed by atoms with Gasteiger partial charge in [-0.25, -0.2) is 8.42 Å². The second-order valence-corrected chi connectivity index (χ2v) is 8.50. The third kappa shape index (κ3) is 4.97. The summed E-state index contributed by atoms with van der Waals surface area (Å²) in [5.41, 5.74) is 1.68. The van der Waals surface area contributed by atoms with Crippen molar-refractivity contribution in [1.82, 2.24) is 9.29 Å². The highest BCUT2D eigenvalue weighted by Gasteiger charge is 2.28. The molecule has 0 spiro atoms. The highest BCUT2D eigenvalue weighted by Crippen LogP contribution is 2.25. The second kappa shape index (κ2) is 9.13. The van der Waals surface area contributed by atoms with Gasteiger partial charge in [-0.1, -0.05) is 29.8 Å². The molecule has 3 aromatic rings. The van der Waals surface area contributed by atoms with E-state index in [2.05, 4.69) is 10.3 Å². The molecule has 0 radical (unpaired) electrons. The van der Waals surface area contributed by atoms with Gasteiger partial charge in [0.15, 0.2) is 0 Å². The quantitative estimate of drug-likeness (QED) is 0.613. The van der Waals surface area contributed by atoms with Crippen molar-refractivity contribution >= 4 is 32.4 Å². The minimum atomic E-state index is -3.93. The molecule has 152 valence electrons. The van der Waals surface area contributed by atoms with Crippen LogP contribution in [0.5, 0.6) is 0 Å². The Kier molecular flexibility index (Phi) is 6.58. The molecule has 7 nitrogen and oxygen atoms in total. The summed E-state index contributed by atoms with van der Waals surface area (Å²) in [7, 11) is -2.44. The van der Waals surface area contributed by atoms with Gasteiger partial charge in [0.1, 0.15) is 0 Å². The molecular formula is C21H23N3O4S. The molecule has 1 heterocycles. The minimum Gasteiger partial charge on any atom is -0.383 e. The lowest BCUT2D eigenvalue weighted by atomic mass is 10.2. The van der Waals surface area contributed by atoms with Crippen LogP contribution < -0.4 is 5.32 Å². The molecule has 1 amide bonds. The molecule has 8 heteroatoms. The van der Waals surface area contributed by atoms with Crippen LogP contribution in [0.1, 0.15) is 5.56 Å². The van der Waals surface area contributed by atoms with Gasteiger partial charge in [-0.15, -0.1) is 0 Å². The number of ether oxygens (including phenoxy) is 1. The van der Waals surface area contributed by atoms with Crippen molar-refractivity contribution in [2.75, 3.05) is 32.1 Å². The van der Waals surface area contributed by atoms with Crippen molar-refractivity contribution in [3.8, 4) is 0 Å². The summed E-state index contributed by atoms with van der Waals surface area (Å²) in [5.74, 6) is -0.421. The van der Waals surface area contributed by atoms with E-state index in [4.69, 9.17) is 4.74 Å². The molecule has 0 fully saturated rings. The number of anilines is 1. The molecular weight excluding hydrogens is 390 g/mol. The van der Waals surface area contributed by atoms with Crippen LogP contribution in [0.4, 0.5) is 5.69 Å². The van der Waals surface area contributed by atoms with Gasteiger partial charge in [-0.05, 0) is 31.2 Å². The highest BCUT2D eigenvalue weighted by molar-refractivity contribution is 7.89. The van der Waals surface area contributed by atoms with Crippen LogP contribution in [-0.2, 0) is 19.6 Å². The topological polar surface area (TPSA) is 88.6 Å². The van der Waals surface area contributed by atoms with Crippen LogP contribution >= 0.6 is 0 Å². The number of benzene rings is 2. The van der Waals surface area contributed by atoms with E-state index in [1.165, 1.54) is 13.2 Å². The van der Waals surface area contributed by atoms with Crippen LogP contribution in [-0.4, -0.2) is 50.4 Å². The minimum absolute atomic E-state index is 0.0572. The van der Waals surface area contributed by atoms with E-state index in [-0.39, 0.29) is 24.6 Å². The van der Waals surface area contributed by atoms with E-state index in [1.54, 1.807) is 42.7 Å². The lowest BCUT2D eigenvalue weighted by Gasteiger charge is -2.22. The molecule has 0 aliphatic heterocycles. The van der Waals surface area contributed by atoms with Gasteiger partial charge in [0.25, 0.3) is 0 Å². The first-order chi connectivity index (χ1) is 13.9. The Morgan fingerprint density at radius 1 is 1.14 bits per heavy atom. The van der Waals surface area contributed by atoms with Crippen molar-refractivity contribution < 1.29 is 17.9 Å². The number of aromatic nitrogens is 1. The average molecular weight is 413 g/mol. The van der Waals surface area contributed by atoms with E-state index in [0.717, 1.165) is 9.87 Å². The smallest absolute Gasteiger partial charge is 0.244 e. The zero-order valence-corrected chi connectivity index (χ0v) is 17.1. The lowest BCUT2D eigenvalue weighted by molar-refractivity contribution is -0.116. The fraction of sp³-hybridized carbons (Fsp3) is 0.238. The second-order valence-electron chi connectivity index (χ2n) is 6.60. The summed E-state index contributed by atoms with van der Waals surface area (Å²) in [6.45, 7) is 1.86. The Hall–Kier alpha value is -2.81. The first-order valence-corrected chi connectivity index (χ1v) is 10.5.